The standard InChI is InChI=1S/C16H20FN5O/c1-12(2)23-15-5-3-4-14(20-15)21-6-8-22(9-7-21)16-13(17)10-18-11-19-16/h3-5,10-12H,6-9H2,1-2H3. The second-order valence-corrected chi connectivity index (χ2v) is 5.67. The molecule has 0 amide bonds. The van der Waals surface area contributed by atoms with Gasteiger partial charge < -0.3 is 14.5 Å². The summed E-state index contributed by atoms with van der Waals surface area (Å²) in [5.41, 5.74) is 0. The lowest BCUT2D eigenvalue weighted by molar-refractivity contribution is 0.233. The van der Waals surface area contributed by atoms with E-state index in [0.717, 1.165) is 18.9 Å². The molecule has 6 nitrogen and oxygen atoms in total. The third kappa shape index (κ3) is 3.67. The summed E-state index contributed by atoms with van der Waals surface area (Å²) in [6.07, 6.45) is 2.66. The first-order chi connectivity index (χ1) is 11.1. The fourth-order valence-electron chi connectivity index (χ4n) is 2.57. The zero-order valence-electron chi connectivity index (χ0n) is 13.3. The maximum absolute atomic E-state index is 13.8. The molecule has 122 valence electrons. The maximum Gasteiger partial charge on any atom is 0.215 e. The van der Waals surface area contributed by atoms with Gasteiger partial charge >= 0.3 is 0 Å². The highest BCUT2D eigenvalue weighted by molar-refractivity contribution is 5.45. The summed E-state index contributed by atoms with van der Waals surface area (Å²) in [7, 11) is 0. The lowest BCUT2D eigenvalue weighted by atomic mass is 10.3. The lowest BCUT2D eigenvalue weighted by Crippen LogP contribution is -2.47. The van der Waals surface area contributed by atoms with Crippen molar-refractivity contribution in [2.24, 2.45) is 0 Å². The van der Waals surface area contributed by atoms with Crippen LogP contribution in [0.3, 0.4) is 0 Å². The van der Waals surface area contributed by atoms with Crippen molar-refractivity contribution < 1.29 is 9.13 Å². The minimum Gasteiger partial charge on any atom is -0.475 e. The van der Waals surface area contributed by atoms with Gasteiger partial charge in [0, 0.05) is 32.2 Å². The van der Waals surface area contributed by atoms with E-state index in [4.69, 9.17) is 4.74 Å². The molecule has 2 aromatic rings. The number of hydrogen-bond donors (Lipinski definition) is 0. The van der Waals surface area contributed by atoms with Gasteiger partial charge in [0.15, 0.2) is 11.6 Å². The van der Waals surface area contributed by atoms with Crippen molar-refractivity contribution in [3.05, 3.63) is 36.5 Å². The van der Waals surface area contributed by atoms with Crippen molar-refractivity contribution in [3.63, 3.8) is 0 Å². The smallest absolute Gasteiger partial charge is 0.215 e. The van der Waals surface area contributed by atoms with Crippen LogP contribution in [0.2, 0.25) is 0 Å². The Morgan fingerprint density at radius 1 is 1.13 bits per heavy atom. The van der Waals surface area contributed by atoms with E-state index in [1.165, 1.54) is 12.5 Å². The third-order valence-electron chi connectivity index (χ3n) is 3.62. The summed E-state index contributed by atoms with van der Waals surface area (Å²) in [5, 5.41) is 0. The van der Waals surface area contributed by atoms with Gasteiger partial charge in [-0.05, 0) is 19.9 Å². The highest BCUT2D eigenvalue weighted by atomic mass is 19.1. The molecule has 2 aromatic heterocycles. The predicted molar refractivity (Wildman–Crippen MR) is 86.4 cm³/mol. The zero-order chi connectivity index (χ0) is 16.2. The quantitative estimate of drug-likeness (QED) is 0.861. The Morgan fingerprint density at radius 2 is 1.87 bits per heavy atom. The topological polar surface area (TPSA) is 54.4 Å². The molecule has 0 aliphatic carbocycles. The van der Waals surface area contributed by atoms with Gasteiger partial charge in [0.2, 0.25) is 5.88 Å². The minimum atomic E-state index is -0.383. The molecule has 0 atom stereocenters. The third-order valence-corrected chi connectivity index (χ3v) is 3.62. The van der Waals surface area contributed by atoms with E-state index < -0.39 is 0 Å². The van der Waals surface area contributed by atoms with Crippen LogP contribution in [-0.4, -0.2) is 47.2 Å². The van der Waals surface area contributed by atoms with E-state index in [1.54, 1.807) is 0 Å². The highest BCUT2D eigenvalue weighted by Crippen LogP contribution is 2.21. The van der Waals surface area contributed by atoms with E-state index >= 15 is 0 Å². The summed E-state index contributed by atoms with van der Waals surface area (Å²) < 4.78 is 19.4. The maximum atomic E-state index is 13.8. The summed E-state index contributed by atoms with van der Waals surface area (Å²) in [5.74, 6) is 1.49. The summed E-state index contributed by atoms with van der Waals surface area (Å²) in [6.45, 7) is 6.83. The first-order valence-electron chi connectivity index (χ1n) is 7.72. The molecule has 1 saturated heterocycles. The number of hydrogen-bond acceptors (Lipinski definition) is 6. The molecule has 1 aliphatic rings. The van der Waals surface area contributed by atoms with E-state index in [9.17, 15) is 4.39 Å². The van der Waals surface area contributed by atoms with Crippen molar-refractivity contribution >= 4 is 11.6 Å². The number of pyridine rings is 1. The van der Waals surface area contributed by atoms with E-state index in [2.05, 4.69) is 19.9 Å². The Hall–Kier alpha value is -2.44. The van der Waals surface area contributed by atoms with Gasteiger partial charge in [0.05, 0.1) is 12.3 Å². The van der Waals surface area contributed by atoms with Crippen LogP contribution in [0.4, 0.5) is 16.0 Å². The number of nitrogens with zero attached hydrogens (tertiary/aromatic N) is 5. The van der Waals surface area contributed by atoms with Crippen LogP contribution in [-0.2, 0) is 0 Å². The van der Waals surface area contributed by atoms with Crippen LogP contribution < -0.4 is 14.5 Å². The largest absolute Gasteiger partial charge is 0.475 e. The molecule has 0 radical (unpaired) electrons. The molecule has 0 aromatic carbocycles. The number of piperazine rings is 1. The molecular formula is C16H20FN5O. The Labute approximate surface area is 134 Å². The van der Waals surface area contributed by atoms with Crippen LogP contribution in [0.1, 0.15) is 13.8 Å². The van der Waals surface area contributed by atoms with Crippen molar-refractivity contribution in [3.8, 4) is 5.88 Å². The average Bonchev–Trinajstić information content (AvgIpc) is 2.55. The van der Waals surface area contributed by atoms with Crippen molar-refractivity contribution in [2.75, 3.05) is 36.0 Å². The van der Waals surface area contributed by atoms with Gasteiger partial charge in [-0.3, -0.25) is 0 Å². The van der Waals surface area contributed by atoms with E-state index in [0.29, 0.717) is 24.8 Å². The average molecular weight is 317 g/mol. The van der Waals surface area contributed by atoms with Gasteiger partial charge in [-0.1, -0.05) is 6.07 Å². The fraction of sp³-hybridized carbons (Fsp3) is 0.438. The van der Waals surface area contributed by atoms with Crippen LogP contribution >= 0.6 is 0 Å². The van der Waals surface area contributed by atoms with Gasteiger partial charge in [-0.15, -0.1) is 0 Å². The molecule has 7 heteroatoms. The number of rotatable bonds is 4. The molecule has 0 saturated carbocycles. The molecule has 1 aliphatic heterocycles. The fourth-order valence-corrected chi connectivity index (χ4v) is 2.57. The summed E-state index contributed by atoms with van der Waals surface area (Å²) in [6, 6.07) is 5.76. The monoisotopic (exact) mass is 317 g/mol. The second kappa shape index (κ2) is 6.76. The van der Waals surface area contributed by atoms with Crippen molar-refractivity contribution in [1.29, 1.82) is 0 Å². The number of halogens is 1. The molecule has 0 unspecified atom stereocenters. The number of ether oxygens (including phenoxy) is 1. The van der Waals surface area contributed by atoms with Crippen LogP contribution in [0.5, 0.6) is 5.88 Å². The molecule has 0 spiro atoms. The van der Waals surface area contributed by atoms with Crippen molar-refractivity contribution in [1.82, 2.24) is 15.0 Å². The molecule has 3 heterocycles. The lowest BCUT2D eigenvalue weighted by Gasteiger charge is -2.36. The van der Waals surface area contributed by atoms with Gasteiger partial charge in [-0.2, -0.15) is 4.98 Å². The van der Waals surface area contributed by atoms with E-state index in [-0.39, 0.29) is 11.9 Å². The second-order valence-electron chi connectivity index (χ2n) is 5.67. The molecular weight excluding hydrogens is 297 g/mol. The molecule has 0 bridgehead atoms. The molecule has 0 N–H and O–H groups in total. The Kier molecular flexibility index (Phi) is 4.55. The molecule has 1 fully saturated rings. The summed E-state index contributed by atoms with van der Waals surface area (Å²) >= 11 is 0. The minimum absolute atomic E-state index is 0.0929. The van der Waals surface area contributed by atoms with Crippen molar-refractivity contribution in [2.45, 2.75) is 20.0 Å². The summed E-state index contributed by atoms with van der Waals surface area (Å²) in [4.78, 5) is 16.4. The zero-order valence-corrected chi connectivity index (χ0v) is 13.3. The van der Waals surface area contributed by atoms with Crippen LogP contribution in [0, 0.1) is 5.82 Å². The van der Waals surface area contributed by atoms with Gasteiger partial charge in [0.25, 0.3) is 0 Å². The Bertz CT molecular complexity index is 658. The predicted octanol–water partition coefficient (Wildman–Crippen LogP) is 2.12. The Balaban J connectivity index is 1.66. The highest BCUT2D eigenvalue weighted by Gasteiger charge is 2.21. The Morgan fingerprint density at radius 3 is 2.57 bits per heavy atom. The SMILES string of the molecule is CC(C)Oc1cccc(N2CCN(c3ncncc3F)CC2)n1. The first-order valence-corrected chi connectivity index (χ1v) is 7.72. The van der Waals surface area contributed by atoms with Crippen LogP contribution in [0.25, 0.3) is 0 Å². The first kappa shape index (κ1) is 15.5. The van der Waals surface area contributed by atoms with E-state index in [1.807, 2.05) is 36.9 Å². The number of aromatic nitrogens is 3. The molecule has 3 rings (SSSR count). The normalized spacial score (nSPS) is 15.1. The number of anilines is 2. The van der Waals surface area contributed by atoms with Gasteiger partial charge in [-0.25, -0.2) is 14.4 Å². The van der Waals surface area contributed by atoms with Crippen LogP contribution in [0.15, 0.2) is 30.7 Å². The molecule has 23 heavy (non-hydrogen) atoms. The van der Waals surface area contributed by atoms with Gasteiger partial charge in [0.1, 0.15) is 12.1 Å².